The summed E-state index contributed by atoms with van der Waals surface area (Å²) in [6.07, 6.45) is 0. The van der Waals surface area contributed by atoms with Crippen molar-refractivity contribution in [2.24, 2.45) is 0 Å². The third-order valence-electron chi connectivity index (χ3n) is 2.27. The Morgan fingerprint density at radius 1 is 1.26 bits per heavy atom. The zero-order valence-electron chi connectivity index (χ0n) is 9.88. The Morgan fingerprint density at radius 2 is 2.00 bits per heavy atom. The molecule has 0 atom stereocenters. The van der Waals surface area contributed by atoms with Crippen molar-refractivity contribution in [1.82, 2.24) is 9.97 Å². The zero-order valence-corrected chi connectivity index (χ0v) is 10.6. The van der Waals surface area contributed by atoms with Crippen molar-refractivity contribution in [2.75, 3.05) is 5.32 Å². The Morgan fingerprint density at radius 3 is 2.68 bits per heavy atom. The maximum absolute atomic E-state index is 11.9. The molecule has 0 saturated heterocycles. The molecule has 0 aliphatic heterocycles. The Kier molecular flexibility index (Phi) is 3.52. The first-order valence-corrected chi connectivity index (χ1v) is 5.68. The number of phenolic OH excluding ortho intramolecular Hbond substituents is 2. The van der Waals surface area contributed by atoms with Crippen LogP contribution in [0.25, 0.3) is 0 Å². The van der Waals surface area contributed by atoms with Gasteiger partial charge in [-0.1, -0.05) is 11.6 Å². The van der Waals surface area contributed by atoms with Gasteiger partial charge in [0.1, 0.15) is 16.7 Å². The van der Waals surface area contributed by atoms with Gasteiger partial charge in [-0.3, -0.25) is 10.1 Å². The highest BCUT2D eigenvalue weighted by Gasteiger charge is 2.14. The molecule has 0 aliphatic carbocycles. The number of nitrogens with zero attached hydrogens (tertiary/aromatic N) is 2. The number of hydrogen-bond donors (Lipinski definition) is 3. The quantitative estimate of drug-likeness (QED) is 0.578. The lowest BCUT2D eigenvalue weighted by molar-refractivity contribution is 0.102. The first kappa shape index (κ1) is 13.1. The number of carbonyl (C=O) groups is 1. The molecule has 0 aliphatic rings. The summed E-state index contributed by atoms with van der Waals surface area (Å²) in [7, 11) is 0. The van der Waals surface area contributed by atoms with Crippen molar-refractivity contribution in [3.05, 3.63) is 40.7 Å². The molecule has 0 bridgehead atoms. The van der Waals surface area contributed by atoms with E-state index in [0.717, 1.165) is 6.07 Å². The largest absolute Gasteiger partial charge is 0.508 e. The lowest BCUT2D eigenvalue weighted by Crippen LogP contribution is -2.14. The van der Waals surface area contributed by atoms with Crippen LogP contribution < -0.4 is 5.32 Å². The summed E-state index contributed by atoms with van der Waals surface area (Å²) in [6, 6.07) is 5.17. The van der Waals surface area contributed by atoms with E-state index in [2.05, 4.69) is 15.3 Å². The number of phenols is 2. The molecule has 1 aromatic carbocycles. The summed E-state index contributed by atoms with van der Waals surface area (Å²) in [4.78, 5) is 19.7. The van der Waals surface area contributed by atoms with Gasteiger partial charge in [-0.05, 0) is 31.2 Å². The van der Waals surface area contributed by atoms with Crippen molar-refractivity contribution in [1.29, 1.82) is 0 Å². The second kappa shape index (κ2) is 5.11. The number of anilines is 1. The van der Waals surface area contributed by atoms with Crippen LogP contribution in [-0.2, 0) is 0 Å². The molecule has 0 fully saturated rings. The first-order chi connectivity index (χ1) is 8.95. The van der Waals surface area contributed by atoms with Crippen LogP contribution >= 0.6 is 11.6 Å². The number of carbonyl (C=O) groups excluding carboxylic acids is 1. The molecule has 0 unspecified atom stereocenters. The van der Waals surface area contributed by atoms with Gasteiger partial charge in [0.15, 0.2) is 0 Å². The third kappa shape index (κ3) is 3.11. The number of aromatic nitrogens is 2. The summed E-state index contributed by atoms with van der Waals surface area (Å²) in [5.41, 5.74) is 0.511. The molecular weight excluding hydrogens is 270 g/mol. The average Bonchev–Trinajstić information content (AvgIpc) is 2.30. The van der Waals surface area contributed by atoms with Crippen LogP contribution in [0, 0.1) is 6.92 Å². The van der Waals surface area contributed by atoms with E-state index in [-0.39, 0.29) is 28.2 Å². The van der Waals surface area contributed by atoms with E-state index in [1.165, 1.54) is 12.1 Å². The first-order valence-electron chi connectivity index (χ1n) is 5.30. The number of benzene rings is 1. The fourth-order valence-corrected chi connectivity index (χ4v) is 1.70. The zero-order chi connectivity index (χ0) is 14.0. The highest BCUT2D eigenvalue weighted by atomic mass is 35.5. The monoisotopic (exact) mass is 279 g/mol. The molecule has 0 spiro atoms. The lowest BCUT2D eigenvalue weighted by atomic mass is 10.2. The summed E-state index contributed by atoms with van der Waals surface area (Å²) in [6.45, 7) is 1.70. The van der Waals surface area contributed by atoms with Gasteiger partial charge in [0.2, 0.25) is 5.95 Å². The maximum Gasteiger partial charge on any atom is 0.261 e. The summed E-state index contributed by atoms with van der Waals surface area (Å²) >= 11 is 5.74. The molecule has 98 valence electrons. The molecule has 1 amide bonds. The normalized spacial score (nSPS) is 10.2. The Labute approximate surface area is 113 Å². The molecule has 6 nitrogen and oxygen atoms in total. The lowest BCUT2D eigenvalue weighted by Gasteiger charge is -2.06. The van der Waals surface area contributed by atoms with Crippen LogP contribution in [0.1, 0.15) is 16.1 Å². The minimum atomic E-state index is -0.643. The van der Waals surface area contributed by atoms with E-state index >= 15 is 0 Å². The fourth-order valence-electron chi connectivity index (χ4n) is 1.46. The SMILES string of the molecule is Cc1cc(Cl)nc(NC(=O)c2cc(O)ccc2O)n1. The number of hydrogen-bond acceptors (Lipinski definition) is 5. The van der Waals surface area contributed by atoms with Gasteiger partial charge in [0.05, 0.1) is 5.56 Å². The van der Waals surface area contributed by atoms with Crippen LogP contribution in [0.4, 0.5) is 5.95 Å². The number of halogens is 1. The number of amides is 1. The molecule has 7 heteroatoms. The van der Waals surface area contributed by atoms with Gasteiger partial charge in [-0.2, -0.15) is 0 Å². The highest BCUT2D eigenvalue weighted by molar-refractivity contribution is 6.29. The van der Waals surface area contributed by atoms with Crippen molar-refractivity contribution in [3.63, 3.8) is 0 Å². The number of aromatic hydroxyl groups is 2. The molecule has 1 aromatic heterocycles. The molecule has 2 aromatic rings. The van der Waals surface area contributed by atoms with Crippen LogP contribution in [-0.4, -0.2) is 26.1 Å². The van der Waals surface area contributed by atoms with Gasteiger partial charge in [0.25, 0.3) is 5.91 Å². The van der Waals surface area contributed by atoms with Crippen LogP contribution in [0.5, 0.6) is 11.5 Å². The molecule has 1 heterocycles. The van der Waals surface area contributed by atoms with E-state index in [0.29, 0.717) is 5.69 Å². The molecule has 0 saturated carbocycles. The predicted octanol–water partition coefficient (Wildman–Crippen LogP) is 2.10. The summed E-state index contributed by atoms with van der Waals surface area (Å²) in [5.74, 6) is -1.01. The predicted molar refractivity (Wildman–Crippen MR) is 69.5 cm³/mol. The minimum absolute atomic E-state index is 0.0257. The fraction of sp³-hybridized carbons (Fsp3) is 0.0833. The van der Waals surface area contributed by atoms with Gasteiger partial charge in [0, 0.05) is 5.69 Å². The van der Waals surface area contributed by atoms with Gasteiger partial charge in [-0.15, -0.1) is 0 Å². The molecule has 19 heavy (non-hydrogen) atoms. The van der Waals surface area contributed by atoms with Crippen LogP contribution in [0.2, 0.25) is 5.15 Å². The van der Waals surface area contributed by atoms with Gasteiger partial charge in [-0.25, -0.2) is 9.97 Å². The maximum atomic E-state index is 11.9. The molecule has 0 radical (unpaired) electrons. The number of rotatable bonds is 2. The molecule has 3 N–H and O–H groups in total. The van der Waals surface area contributed by atoms with Crippen LogP contribution in [0.3, 0.4) is 0 Å². The Bertz CT molecular complexity index is 626. The summed E-state index contributed by atoms with van der Waals surface area (Å²) in [5, 5.41) is 21.4. The van der Waals surface area contributed by atoms with Crippen LogP contribution in [0.15, 0.2) is 24.3 Å². The van der Waals surface area contributed by atoms with Crippen molar-refractivity contribution < 1.29 is 15.0 Å². The topological polar surface area (TPSA) is 95.3 Å². The standard InChI is InChI=1S/C12H10ClN3O3/c1-6-4-10(13)15-12(14-6)16-11(19)8-5-7(17)2-3-9(8)18/h2-5,17-18H,1H3,(H,14,15,16,19). The van der Waals surface area contributed by atoms with Gasteiger partial charge >= 0.3 is 0 Å². The number of aryl methyl sites for hydroxylation is 1. The van der Waals surface area contributed by atoms with E-state index in [9.17, 15) is 15.0 Å². The van der Waals surface area contributed by atoms with Gasteiger partial charge < -0.3 is 10.2 Å². The average molecular weight is 280 g/mol. The second-order valence-corrected chi connectivity index (χ2v) is 4.20. The van der Waals surface area contributed by atoms with E-state index in [4.69, 9.17) is 11.6 Å². The smallest absolute Gasteiger partial charge is 0.261 e. The number of nitrogens with one attached hydrogen (secondary N) is 1. The van der Waals surface area contributed by atoms with E-state index in [1.807, 2.05) is 0 Å². The van der Waals surface area contributed by atoms with E-state index in [1.54, 1.807) is 13.0 Å². The Hall–Kier alpha value is -2.34. The van der Waals surface area contributed by atoms with E-state index < -0.39 is 5.91 Å². The van der Waals surface area contributed by atoms with Crippen molar-refractivity contribution in [2.45, 2.75) is 6.92 Å². The van der Waals surface area contributed by atoms with Crippen molar-refractivity contribution >= 4 is 23.5 Å². The minimum Gasteiger partial charge on any atom is -0.508 e. The highest BCUT2D eigenvalue weighted by Crippen LogP contribution is 2.22. The van der Waals surface area contributed by atoms with Crippen molar-refractivity contribution in [3.8, 4) is 11.5 Å². The Balaban J connectivity index is 2.28. The third-order valence-corrected chi connectivity index (χ3v) is 2.47. The second-order valence-electron chi connectivity index (χ2n) is 3.81. The summed E-state index contributed by atoms with van der Waals surface area (Å²) < 4.78 is 0. The molecule has 2 rings (SSSR count). The molecular formula is C12H10ClN3O3.